The van der Waals surface area contributed by atoms with Crippen LogP contribution in [-0.2, 0) is 0 Å². The lowest BCUT2D eigenvalue weighted by atomic mass is 10.4. The Hall–Kier alpha value is -1.96. The predicted octanol–water partition coefficient (Wildman–Crippen LogP) is -0.245. The molecule has 0 saturated carbocycles. The van der Waals surface area contributed by atoms with Crippen LogP contribution in [0.15, 0.2) is 16.7 Å². The largest absolute Gasteiger partial charge is 0.364 e. The Kier molecular flexibility index (Phi) is 3.33. The van der Waals surface area contributed by atoms with Crippen LogP contribution >= 0.6 is 0 Å². The van der Waals surface area contributed by atoms with Crippen LogP contribution in [0.4, 0.5) is 5.82 Å². The minimum atomic E-state index is -0.588. The molecule has 2 heterocycles. The molecule has 1 fully saturated rings. The van der Waals surface area contributed by atoms with E-state index in [2.05, 4.69) is 32.3 Å². The van der Waals surface area contributed by atoms with Gasteiger partial charge in [-0.25, -0.2) is 4.98 Å². The van der Waals surface area contributed by atoms with E-state index in [0.717, 1.165) is 26.2 Å². The second-order valence-corrected chi connectivity index (χ2v) is 3.91. The van der Waals surface area contributed by atoms with Gasteiger partial charge in [-0.15, -0.1) is 5.11 Å². The van der Waals surface area contributed by atoms with E-state index in [4.69, 9.17) is 5.73 Å². The number of nitrogens with one attached hydrogen (secondary N) is 1. The van der Waals surface area contributed by atoms with Crippen LogP contribution in [0.25, 0.3) is 0 Å². The summed E-state index contributed by atoms with van der Waals surface area (Å²) < 4.78 is 0. The van der Waals surface area contributed by atoms with E-state index in [9.17, 15) is 4.79 Å². The van der Waals surface area contributed by atoms with Gasteiger partial charge in [-0.3, -0.25) is 9.80 Å². The second-order valence-electron chi connectivity index (χ2n) is 3.91. The van der Waals surface area contributed by atoms with E-state index in [-0.39, 0.29) is 11.5 Å². The van der Waals surface area contributed by atoms with E-state index in [1.165, 1.54) is 6.33 Å². The first-order valence-electron chi connectivity index (χ1n) is 5.35. The van der Waals surface area contributed by atoms with Crippen molar-refractivity contribution >= 4 is 11.7 Å². The zero-order valence-electron chi connectivity index (χ0n) is 9.63. The molecule has 8 heteroatoms. The van der Waals surface area contributed by atoms with Crippen molar-refractivity contribution in [3.05, 3.63) is 12.0 Å². The lowest BCUT2D eigenvalue weighted by Crippen LogP contribution is -2.41. The normalized spacial score (nSPS) is 17.8. The molecule has 1 amide bonds. The Morgan fingerprint density at radius 3 is 2.82 bits per heavy atom. The summed E-state index contributed by atoms with van der Waals surface area (Å²) >= 11 is 0. The van der Waals surface area contributed by atoms with Crippen molar-refractivity contribution in [2.24, 2.45) is 16.1 Å². The smallest absolute Gasteiger partial charge is 0.269 e. The Labute approximate surface area is 98.5 Å². The standard InChI is InChI=1S/C9H15N7O/c1-15-2-4-16(5-3-15)14-13-9-7(8(10)17)11-6-12-9/h6H,2-5H2,1H3,(H2,10,17)(H,11,12)/b14-13+. The number of carbonyl (C=O) groups excluding carboxylic acids is 1. The number of nitrogens with two attached hydrogens (primary N) is 1. The third-order valence-corrected chi connectivity index (χ3v) is 2.61. The number of imidazole rings is 1. The van der Waals surface area contributed by atoms with Crippen molar-refractivity contribution in [1.29, 1.82) is 0 Å². The predicted molar refractivity (Wildman–Crippen MR) is 60.7 cm³/mol. The number of aromatic amines is 1. The van der Waals surface area contributed by atoms with Gasteiger partial charge in [0.2, 0.25) is 5.82 Å². The quantitative estimate of drug-likeness (QED) is 0.708. The number of primary amides is 1. The number of piperazine rings is 1. The van der Waals surface area contributed by atoms with E-state index in [1.807, 2.05) is 5.01 Å². The highest BCUT2D eigenvalue weighted by Gasteiger charge is 2.13. The first-order chi connectivity index (χ1) is 8.16. The molecule has 8 nitrogen and oxygen atoms in total. The zero-order valence-corrected chi connectivity index (χ0v) is 9.63. The van der Waals surface area contributed by atoms with Gasteiger partial charge >= 0.3 is 0 Å². The van der Waals surface area contributed by atoms with Gasteiger partial charge in [0.05, 0.1) is 19.4 Å². The number of likely N-dealkylation sites (N-methyl/N-ethyl adjacent to an activating group) is 1. The molecule has 0 bridgehead atoms. The van der Waals surface area contributed by atoms with Gasteiger partial charge in [0, 0.05) is 13.1 Å². The Morgan fingerprint density at radius 1 is 1.47 bits per heavy atom. The van der Waals surface area contributed by atoms with Crippen LogP contribution in [0.1, 0.15) is 10.5 Å². The van der Waals surface area contributed by atoms with Crippen molar-refractivity contribution in [3.63, 3.8) is 0 Å². The van der Waals surface area contributed by atoms with Crippen molar-refractivity contribution in [2.75, 3.05) is 33.2 Å². The maximum atomic E-state index is 11.0. The molecule has 3 N–H and O–H groups in total. The SMILES string of the molecule is CN1CCN(/N=N/c2nc[nH]c2C(N)=O)CC1. The number of H-pyrrole nitrogens is 1. The minimum Gasteiger partial charge on any atom is -0.364 e. The van der Waals surface area contributed by atoms with Crippen molar-refractivity contribution in [3.8, 4) is 0 Å². The third-order valence-electron chi connectivity index (χ3n) is 2.61. The highest BCUT2D eigenvalue weighted by molar-refractivity contribution is 5.94. The summed E-state index contributed by atoms with van der Waals surface area (Å²) in [5.41, 5.74) is 5.34. The van der Waals surface area contributed by atoms with E-state index >= 15 is 0 Å². The fraction of sp³-hybridized carbons (Fsp3) is 0.556. The topological polar surface area (TPSA) is 103 Å². The summed E-state index contributed by atoms with van der Waals surface area (Å²) in [6.07, 6.45) is 1.37. The molecule has 2 rings (SSSR count). The second kappa shape index (κ2) is 4.91. The van der Waals surface area contributed by atoms with E-state index in [0.29, 0.717) is 0 Å². The summed E-state index contributed by atoms with van der Waals surface area (Å²) in [5.74, 6) is -0.355. The molecule has 17 heavy (non-hydrogen) atoms. The maximum absolute atomic E-state index is 11.0. The van der Waals surface area contributed by atoms with Gasteiger partial charge in [-0.05, 0) is 7.05 Å². The molecule has 1 aliphatic heterocycles. The number of rotatable bonds is 3. The lowest BCUT2D eigenvalue weighted by Gasteiger charge is -2.29. The number of nitrogens with zero attached hydrogens (tertiary/aromatic N) is 5. The number of carbonyl (C=O) groups is 1. The molecule has 0 spiro atoms. The van der Waals surface area contributed by atoms with Crippen LogP contribution in [0.5, 0.6) is 0 Å². The van der Waals surface area contributed by atoms with Crippen LogP contribution in [0, 0.1) is 0 Å². The molecule has 1 aromatic heterocycles. The Bertz CT molecular complexity index is 419. The fourth-order valence-electron chi connectivity index (χ4n) is 1.54. The highest BCUT2D eigenvalue weighted by Crippen LogP contribution is 2.14. The first-order valence-corrected chi connectivity index (χ1v) is 5.35. The molecule has 1 saturated heterocycles. The fourth-order valence-corrected chi connectivity index (χ4v) is 1.54. The first kappa shape index (κ1) is 11.5. The van der Waals surface area contributed by atoms with Crippen molar-refractivity contribution in [2.45, 2.75) is 0 Å². The zero-order chi connectivity index (χ0) is 12.3. The van der Waals surface area contributed by atoms with Gasteiger partial charge in [0.15, 0.2) is 5.69 Å². The number of hydrogen-bond acceptors (Lipinski definition) is 5. The molecule has 1 aliphatic rings. The summed E-state index contributed by atoms with van der Waals surface area (Å²) in [6.45, 7) is 3.52. The van der Waals surface area contributed by atoms with Gasteiger partial charge in [0.25, 0.3) is 5.91 Å². The van der Waals surface area contributed by atoms with Crippen molar-refractivity contribution in [1.82, 2.24) is 19.9 Å². The third kappa shape index (κ3) is 2.78. The van der Waals surface area contributed by atoms with E-state index in [1.54, 1.807) is 0 Å². The maximum Gasteiger partial charge on any atom is 0.269 e. The Balaban J connectivity index is 2.00. The molecule has 0 radical (unpaired) electrons. The summed E-state index contributed by atoms with van der Waals surface area (Å²) in [6, 6.07) is 0. The van der Waals surface area contributed by atoms with Gasteiger partial charge < -0.3 is 15.6 Å². The van der Waals surface area contributed by atoms with Gasteiger partial charge in [-0.2, -0.15) is 0 Å². The molecule has 0 aliphatic carbocycles. The van der Waals surface area contributed by atoms with Gasteiger partial charge in [0.1, 0.15) is 0 Å². The molecule has 0 atom stereocenters. The van der Waals surface area contributed by atoms with Crippen LogP contribution < -0.4 is 5.73 Å². The average molecular weight is 237 g/mol. The average Bonchev–Trinajstić information content (AvgIpc) is 2.76. The van der Waals surface area contributed by atoms with Crippen LogP contribution in [-0.4, -0.2) is 59.0 Å². The van der Waals surface area contributed by atoms with Crippen LogP contribution in [0.2, 0.25) is 0 Å². The number of hydrogen-bond donors (Lipinski definition) is 2. The summed E-state index contributed by atoms with van der Waals surface area (Å²) in [4.78, 5) is 19.7. The monoisotopic (exact) mass is 237 g/mol. The Morgan fingerprint density at radius 2 is 2.18 bits per heavy atom. The molecule has 0 unspecified atom stereocenters. The highest BCUT2D eigenvalue weighted by atomic mass is 16.1. The molecule has 1 aromatic rings. The number of aromatic nitrogens is 2. The number of amides is 1. The summed E-state index contributed by atoms with van der Waals surface area (Å²) in [5, 5.41) is 9.82. The van der Waals surface area contributed by atoms with Gasteiger partial charge in [-0.1, -0.05) is 5.22 Å². The van der Waals surface area contributed by atoms with E-state index < -0.39 is 5.91 Å². The summed E-state index contributed by atoms with van der Waals surface area (Å²) in [7, 11) is 2.06. The molecule has 0 aromatic carbocycles. The lowest BCUT2D eigenvalue weighted by molar-refractivity contribution is 0.0996. The van der Waals surface area contributed by atoms with Crippen molar-refractivity contribution < 1.29 is 4.79 Å². The minimum absolute atomic E-state index is 0.183. The molecular formula is C9H15N7O. The molecular weight excluding hydrogens is 222 g/mol. The van der Waals surface area contributed by atoms with Crippen LogP contribution in [0.3, 0.4) is 0 Å². The molecule has 92 valence electrons.